The number of rotatable bonds is 7. The lowest BCUT2D eigenvalue weighted by Gasteiger charge is -2.37. The summed E-state index contributed by atoms with van der Waals surface area (Å²) in [4.78, 5) is 2.84. The van der Waals surface area contributed by atoms with Gasteiger partial charge in [0, 0.05) is 19.6 Å². The summed E-state index contributed by atoms with van der Waals surface area (Å²) in [7, 11) is 0. The Morgan fingerprint density at radius 1 is 0.842 bits per heavy atom. The third kappa shape index (κ3) is 4.39. The molecule has 0 N–H and O–H groups in total. The molecule has 3 rings (SSSR count). The van der Waals surface area contributed by atoms with Gasteiger partial charge >= 0.3 is 0 Å². The fourth-order valence-corrected chi connectivity index (χ4v) is 4.27. The van der Waals surface area contributed by atoms with E-state index in [0.29, 0.717) is 5.41 Å². The smallest absolute Gasteiger partial charge is 0.00460 e. The molecule has 0 aromatic rings. The first-order chi connectivity index (χ1) is 9.30. The van der Waals surface area contributed by atoms with Gasteiger partial charge in [-0.3, -0.25) is 0 Å². The zero-order valence-electron chi connectivity index (χ0n) is 12.4. The maximum atomic E-state index is 4.76. The monoisotopic (exact) mass is 281 g/mol. The summed E-state index contributed by atoms with van der Waals surface area (Å²) in [5.74, 6) is 3.20. The van der Waals surface area contributed by atoms with Crippen molar-refractivity contribution in [2.24, 2.45) is 17.3 Å². The van der Waals surface area contributed by atoms with Gasteiger partial charge in [0.25, 0.3) is 0 Å². The first-order valence-corrected chi connectivity index (χ1v) is 9.26. The summed E-state index contributed by atoms with van der Waals surface area (Å²) in [5.41, 5.74) is 0.545. The highest BCUT2D eigenvalue weighted by atomic mass is 32.1. The quantitative estimate of drug-likeness (QED) is 0.535. The van der Waals surface area contributed by atoms with Gasteiger partial charge < -0.3 is 4.90 Å². The summed E-state index contributed by atoms with van der Waals surface area (Å²) in [6.45, 7) is 4.14. The summed E-state index contributed by atoms with van der Waals surface area (Å²) < 4.78 is 0. The molecule has 3 aliphatic rings. The minimum Gasteiger partial charge on any atom is -0.302 e. The Labute approximate surface area is 124 Å². The van der Waals surface area contributed by atoms with Gasteiger partial charge in [0.1, 0.15) is 0 Å². The van der Waals surface area contributed by atoms with E-state index in [9.17, 15) is 0 Å². The predicted molar refractivity (Wildman–Crippen MR) is 85.9 cm³/mol. The van der Waals surface area contributed by atoms with Crippen LogP contribution in [0.25, 0.3) is 0 Å². The first-order valence-electron chi connectivity index (χ1n) is 8.63. The molecule has 0 aromatic carbocycles. The van der Waals surface area contributed by atoms with Crippen LogP contribution in [0.1, 0.15) is 64.2 Å². The van der Waals surface area contributed by atoms with Gasteiger partial charge in [0.05, 0.1) is 0 Å². The second-order valence-electron chi connectivity index (χ2n) is 7.65. The van der Waals surface area contributed by atoms with Crippen LogP contribution in [0.3, 0.4) is 0 Å². The fraction of sp³-hybridized carbons (Fsp3) is 1.00. The van der Waals surface area contributed by atoms with Crippen molar-refractivity contribution in [2.45, 2.75) is 64.2 Å². The molecular weight excluding hydrogens is 250 g/mol. The molecule has 3 fully saturated rings. The van der Waals surface area contributed by atoms with Crippen molar-refractivity contribution in [1.82, 2.24) is 4.90 Å². The molecule has 0 radical (unpaired) electrons. The Morgan fingerprint density at radius 3 is 1.79 bits per heavy atom. The lowest BCUT2D eigenvalue weighted by Crippen LogP contribution is -2.41. The Balaban J connectivity index is 1.58. The zero-order valence-corrected chi connectivity index (χ0v) is 13.3. The number of thiol groups is 1. The molecule has 0 aromatic heterocycles. The molecule has 0 spiro atoms. The van der Waals surface area contributed by atoms with E-state index in [4.69, 9.17) is 12.6 Å². The van der Waals surface area contributed by atoms with E-state index in [1.165, 1.54) is 83.8 Å². The minimum atomic E-state index is 0.545. The van der Waals surface area contributed by atoms with Crippen LogP contribution < -0.4 is 0 Å². The molecule has 0 aliphatic heterocycles. The van der Waals surface area contributed by atoms with Crippen molar-refractivity contribution >= 4 is 12.6 Å². The van der Waals surface area contributed by atoms with Gasteiger partial charge in [0.2, 0.25) is 0 Å². The normalized spacial score (nSPS) is 27.5. The highest BCUT2D eigenvalue weighted by molar-refractivity contribution is 7.80. The van der Waals surface area contributed by atoms with Gasteiger partial charge in [-0.2, -0.15) is 12.6 Å². The number of hydrogen-bond donors (Lipinski definition) is 1. The van der Waals surface area contributed by atoms with Gasteiger partial charge in [-0.05, 0) is 61.5 Å². The highest BCUT2D eigenvalue weighted by Crippen LogP contribution is 2.40. The predicted octanol–water partition coefficient (Wildman–Crippen LogP) is 4.38. The SMILES string of the molecule is SCC1(CN(CC2CC2)CC2CC2)CCCCCC1. The summed E-state index contributed by atoms with van der Waals surface area (Å²) in [5, 5.41) is 0. The van der Waals surface area contributed by atoms with Crippen molar-refractivity contribution in [3.05, 3.63) is 0 Å². The van der Waals surface area contributed by atoms with Crippen molar-refractivity contribution < 1.29 is 0 Å². The largest absolute Gasteiger partial charge is 0.302 e. The second-order valence-corrected chi connectivity index (χ2v) is 7.97. The van der Waals surface area contributed by atoms with Gasteiger partial charge in [0.15, 0.2) is 0 Å². The molecule has 0 amide bonds. The Kier molecular flexibility index (Phi) is 4.79. The van der Waals surface area contributed by atoms with Gasteiger partial charge in [-0.25, -0.2) is 0 Å². The van der Waals surface area contributed by atoms with E-state index in [0.717, 1.165) is 17.6 Å². The van der Waals surface area contributed by atoms with Crippen molar-refractivity contribution in [1.29, 1.82) is 0 Å². The highest BCUT2D eigenvalue weighted by Gasteiger charge is 2.35. The molecule has 0 atom stereocenters. The number of hydrogen-bond acceptors (Lipinski definition) is 2. The van der Waals surface area contributed by atoms with Crippen LogP contribution in [0.5, 0.6) is 0 Å². The third-order valence-electron chi connectivity index (χ3n) is 5.49. The standard InChI is InChI=1S/C17H31NS/c19-14-17(9-3-1-2-4-10-17)13-18(11-15-5-6-15)12-16-7-8-16/h15-16,19H,1-14H2. The molecule has 0 unspecified atom stereocenters. The van der Waals surface area contributed by atoms with Crippen LogP contribution in [0.2, 0.25) is 0 Å². The topological polar surface area (TPSA) is 3.24 Å². The molecule has 3 aliphatic carbocycles. The fourth-order valence-electron chi connectivity index (χ4n) is 3.85. The van der Waals surface area contributed by atoms with Crippen LogP contribution in [-0.2, 0) is 0 Å². The number of nitrogens with zero attached hydrogens (tertiary/aromatic N) is 1. The molecule has 0 bridgehead atoms. The van der Waals surface area contributed by atoms with Crippen LogP contribution in [0.4, 0.5) is 0 Å². The van der Waals surface area contributed by atoms with Crippen LogP contribution in [-0.4, -0.2) is 30.3 Å². The van der Waals surface area contributed by atoms with Gasteiger partial charge in [-0.1, -0.05) is 25.7 Å². The Bertz CT molecular complexity index is 261. The zero-order chi connectivity index (χ0) is 13.1. The Morgan fingerprint density at radius 2 is 1.37 bits per heavy atom. The summed E-state index contributed by atoms with van der Waals surface area (Å²) >= 11 is 4.76. The minimum absolute atomic E-state index is 0.545. The van der Waals surface area contributed by atoms with Gasteiger partial charge in [-0.15, -0.1) is 0 Å². The average Bonchev–Trinajstić information content (AvgIpc) is 3.26. The van der Waals surface area contributed by atoms with Crippen molar-refractivity contribution in [2.75, 3.05) is 25.4 Å². The lowest BCUT2D eigenvalue weighted by molar-refractivity contribution is 0.141. The third-order valence-corrected chi connectivity index (χ3v) is 6.16. The van der Waals surface area contributed by atoms with Crippen molar-refractivity contribution in [3.8, 4) is 0 Å². The average molecular weight is 282 g/mol. The molecule has 110 valence electrons. The molecule has 0 heterocycles. The molecular formula is C17H31NS. The van der Waals surface area contributed by atoms with E-state index >= 15 is 0 Å². The maximum Gasteiger partial charge on any atom is 0.00460 e. The lowest BCUT2D eigenvalue weighted by atomic mass is 9.81. The van der Waals surface area contributed by atoms with Crippen LogP contribution >= 0.6 is 12.6 Å². The van der Waals surface area contributed by atoms with Crippen molar-refractivity contribution in [3.63, 3.8) is 0 Å². The molecule has 0 saturated heterocycles. The van der Waals surface area contributed by atoms with E-state index < -0.39 is 0 Å². The maximum absolute atomic E-state index is 4.76. The first kappa shape index (κ1) is 14.3. The summed E-state index contributed by atoms with van der Waals surface area (Å²) in [6.07, 6.45) is 14.7. The van der Waals surface area contributed by atoms with E-state index in [2.05, 4.69) is 4.90 Å². The molecule has 3 saturated carbocycles. The Hall–Kier alpha value is 0.310. The molecule has 1 nitrogen and oxygen atoms in total. The summed E-state index contributed by atoms with van der Waals surface area (Å²) in [6, 6.07) is 0. The second kappa shape index (κ2) is 6.39. The van der Waals surface area contributed by atoms with E-state index in [1.54, 1.807) is 0 Å². The van der Waals surface area contributed by atoms with Crippen LogP contribution in [0.15, 0.2) is 0 Å². The van der Waals surface area contributed by atoms with E-state index in [-0.39, 0.29) is 0 Å². The molecule has 19 heavy (non-hydrogen) atoms. The molecule has 2 heteroatoms. The van der Waals surface area contributed by atoms with Crippen LogP contribution in [0, 0.1) is 17.3 Å². The van der Waals surface area contributed by atoms with E-state index in [1.807, 2.05) is 0 Å².